The van der Waals surface area contributed by atoms with Gasteiger partial charge in [-0.15, -0.1) is 0 Å². The van der Waals surface area contributed by atoms with Gasteiger partial charge in [-0.05, 0) is 47.2 Å². The quantitative estimate of drug-likeness (QED) is 0.626. The summed E-state index contributed by atoms with van der Waals surface area (Å²) in [5.74, 6) is -0.121. The number of carbonyl (C=O) groups is 1. The molecule has 0 saturated carbocycles. The zero-order chi connectivity index (χ0) is 13.1. The highest BCUT2D eigenvalue weighted by atomic mass is 127. The van der Waals surface area contributed by atoms with Crippen LogP contribution in [0.4, 0.5) is 0 Å². The molecule has 0 radical (unpaired) electrons. The average molecular weight is 354 g/mol. The van der Waals surface area contributed by atoms with Crippen LogP contribution in [0.25, 0.3) is 0 Å². The van der Waals surface area contributed by atoms with E-state index >= 15 is 0 Å². The summed E-state index contributed by atoms with van der Waals surface area (Å²) in [6, 6.07) is 8.69. The van der Waals surface area contributed by atoms with E-state index in [0.29, 0.717) is 5.56 Å². The Bertz CT molecular complexity index is 632. The van der Waals surface area contributed by atoms with E-state index in [1.807, 2.05) is 12.1 Å². The lowest BCUT2D eigenvalue weighted by atomic mass is 10.1. The summed E-state index contributed by atoms with van der Waals surface area (Å²) < 4.78 is 2.24. The standard InChI is InChI=1S/C13H11IN2O2/c1-9-6-13(18)16(15-7-9)8-12(17)10-2-4-11(14)5-3-10/h2-7H,8H2,1H3. The molecule has 4 nitrogen and oxygen atoms in total. The van der Waals surface area contributed by atoms with Crippen LogP contribution in [0.3, 0.4) is 0 Å². The monoisotopic (exact) mass is 354 g/mol. The fourth-order valence-corrected chi connectivity index (χ4v) is 1.87. The first kappa shape index (κ1) is 12.9. The third-order valence-electron chi connectivity index (χ3n) is 2.47. The lowest BCUT2D eigenvalue weighted by Gasteiger charge is -2.04. The highest BCUT2D eigenvalue weighted by Crippen LogP contribution is 2.07. The number of nitrogens with zero attached hydrogens (tertiary/aromatic N) is 2. The molecule has 0 aliphatic carbocycles. The lowest BCUT2D eigenvalue weighted by molar-refractivity contribution is 0.0965. The first-order chi connectivity index (χ1) is 8.56. The van der Waals surface area contributed by atoms with E-state index in [-0.39, 0.29) is 17.9 Å². The number of hydrogen-bond donors (Lipinski definition) is 0. The molecule has 0 aliphatic heterocycles. The fourth-order valence-electron chi connectivity index (χ4n) is 1.51. The van der Waals surface area contributed by atoms with Crippen LogP contribution >= 0.6 is 22.6 Å². The van der Waals surface area contributed by atoms with Gasteiger partial charge in [0.2, 0.25) is 0 Å². The second-order valence-corrected chi connectivity index (χ2v) is 5.20. The molecule has 0 amide bonds. The van der Waals surface area contributed by atoms with Crippen molar-refractivity contribution in [2.75, 3.05) is 0 Å². The molecule has 0 aliphatic rings. The molecule has 2 rings (SSSR count). The Labute approximate surface area is 118 Å². The summed E-state index contributed by atoms with van der Waals surface area (Å²) in [5, 5.41) is 3.94. The molecule has 0 spiro atoms. The number of aromatic nitrogens is 2. The van der Waals surface area contributed by atoms with Crippen LogP contribution in [0.2, 0.25) is 0 Å². The van der Waals surface area contributed by atoms with Crippen LogP contribution in [0, 0.1) is 10.5 Å². The summed E-state index contributed by atoms with van der Waals surface area (Å²) >= 11 is 2.17. The third kappa shape index (κ3) is 3.04. The number of rotatable bonds is 3. The predicted molar refractivity (Wildman–Crippen MR) is 76.7 cm³/mol. The maximum atomic E-state index is 12.0. The van der Waals surface area contributed by atoms with Crippen LogP contribution in [0.15, 0.2) is 41.3 Å². The van der Waals surface area contributed by atoms with Gasteiger partial charge in [0.15, 0.2) is 5.78 Å². The van der Waals surface area contributed by atoms with E-state index in [1.165, 1.54) is 10.7 Å². The van der Waals surface area contributed by atoms with Crippen molar-refractivity contribution in [2.24, 2.45) is 0 Å². The molecule has 1 heterocycles. The summed E-state index contributed by atoms with van der Waals surface area (Å²) in [7, 11) is 0. The summed E-state index contributed by atoms with van der Waals surface area (Å²) in [5.41, 5.74) is 1.12. The van der Waals surface area contributed by atoms with Crippen molar-refractivity contribution in [3.8, 4) is 0 Å². The first-order valence-electron chi connectivity index (χ1n) is 5.39. The van der Waals surface area contributed by atoms with E-state index in [4.69, 9.17) is 0 Å². The van der Waals surface area contributed by atoms with Crippen molar-refractivity contribution in [3.05, 3.63) is 61.6 Å². The van der Waals surface area contributed by atoms with E-state index in [2.05, 4.69) is 27.7 Å². The Balaban J connectivity index is 2.21. The van der Waals surface area contributed by atoms with Crippen LogP contribution in [-0.4, -0.2) is 15.6 Å². The van der Waals surface area contributed by atoms with Gasteiger partial charge in [0.05, 0.1) is 6.20 Å². The smallest absolute Gasteiger partial charge is 0.267 e. The normalized spacial score (nSPS) is 10.3. The molecule has 92 valence electrons. The minimum absolute atomic E-state index is 0.0281. The number of aryl methyl sites for hydroxylation is 1. The molecule has 0 atom stereocenters. The molecule has 0 unspecified atom stereocenters. The van der Waals surface area contributed by atoms with Gasteiger partial charge in [0, 0.05) is 15.2 Å². The molecule has 0 fully saturated rings. The maximum Gasteiger partial charge on any atom is 0.267 e. The van der Waals surface area contributed by atoms with Crippen LogP contribution in [-0.2, 0) is 6.54 Å². The number of Topliss-reactive ketones (excluding diaryl/α,β-unsaturated/α-hetero) is 1. The molecular weight excluding hydrogens is 343 g/mol. The van der Waals surface area contributed by atoms with Crippen molar-refractivity contribution < 1.29 is 4.79 Å². The SMILES string of the molecule is Cc1cnn(CC(=O)c2ccc(I)cc2)c(=O)c1. The largest absolute Gasteiger partial charge is 0.292 e. The average Bonchev–Trinajstić information content (AvgIpc) is 2.33. The van der Waals surface area contributed by atoms with Gasteiger partial charge >= 0.3 is 0 Å². The van der Waals surface area contributed by atoms with Crippen molar-refractivity contribution in [1.29, 1.82) is 0 Å². The number of hydrogen-bond acceptors (Lipinski definition) is 3. The lowest BCUT2D eigenvalue weighted by Crippen LogP contribution is -2.26. The Morgan fingerprint density at radius 1 is 1.33 bits per heavy atom. The van der Waals surface area contributed by atoms with Crippen molar-refractivity contribution in [1.82, 2.24) is 9.78 Å². The Kier molecular flexibility index (Phi) is 3.90. The van der Waals surface area contributed by atoms with Crippen molar-refractivity contribution >= 4 is 28.4 Å². The van der Waals surface area contributed by atoms with E-state index in [1.54, 1.807) is 25.3 Å². The number of benzene rings is 1. The van der Waals surface area contributed by atoms with Gasteiger partial charge in [-0.25, -0.2) is 4.68 Å². The molecule has 0 N–H and O–H groups in total. The molecule has 0 bridgehead atoms. The molecule has 1 aromatic carbocycles. The second kappa shape index (κ2) is 5.43. The van der Waals surface area contributed by atoms with Crippen molar-refractivity contribution in [2.45, 2.75) is 13.5 Å². The van der Waals surface area contributed by atoms with Crippen LogP contribution < -0.4 is 5.56 Å². The van der Waals surface area contributed by atoms with Gasteiger partial charge in [-0.1, -0.05) is 12.1 Å². The fraction of sp³-hybridized carbons (Fsp3) is 0.154. The highest BCUT2D eigenvalue weighted by molar-refractivity contribution is 14.1. The Morgan fingerprint density at radius 2 is 2.00 bits per heavy atom. The van der Waals surface area contributed by atoms with Gasteiger partial charge in [0.1, 0.15) is 6.54 Å². The summed E-state index contributed by atoms with van der Waals surface area (Å²) in [6.45, 7) is 1.76. The van der Waals surface area contributed by atoms with Gasteiger partial charge in [0.25, 0.3) is 5.56 Å². The van der Waals surface area contributed by atoms with E-state index < -0.39 is 0 Å². The molecule has 1 aromatic heterocycles. The second-order valence-electron chi connectivity index (χ2n) is 3.96. The molecule has 5 heteroatoms. The van der Waals surface area contributed by atoms with Gasteiger partial charge in [-0.2, -0.15) is 5.10 Å². The molecule has 18 heavy (non-hydrogen) atoms. The first-order valence-corrected chi connectivity index (χ1v) is 6.46. The Hall–Kier alpha value is -1.50. The zero-order valence-electron chi connectivity index (χ0n) is 9.76. The Morgan fingerprint density at radius 3 is 2.61 bits per heavy atom. The topological polar surface area (TPSA) is 52.0 Å². The number of ketones is 1. The van der Waals surface area contributed by atoms with Gasteiger partial charge < -0.3 is 0 Å². The van der Waals surface area contributed by atoms with E-state index in [9.17, 15) is 9.59 Å². The summed E-state index contributed by atoms with van der Waals surface area (Å²) in [6.07, 6.45) is 1.57. The number of carbonyl (C=O) groups excluding carboxylic acids is 1. The zero-order valence-corrected chi connectivity index (χ0v) is 11.9. The highest BCUT2D eigenvalue weighted by Gasteiger charge is 2.08. The predicted octanol–water partition coefficient (Wildman–Crippen LogP) is 2.04. The minimum atomic E-state index is -0.256. The number of halogens is 1. The van der Waals surface area contributed by atoms with Gasteiger partial charge in [-0.3, -0.25) is 9.59 Å². The molecular formula is C13H11IN2O2. The third-order valence-corrected chi connectivity index (χ3v) is 3.19. The summed E-state index contributed by atoms with van der Waals surface area (Å²) in [4.78, 5) is 23.6. The van der Waals surface area contributed by atoms with Crippen molar-refractivity contribution in [3.63, 3.8) is 0 Å². The molecule has 0 saturated heterocycles. The maximum absolute atomic E-state index is 12.0. The van der Waals surface area contributed by atoms with Crippen LogP contribution in [0.1, 0.15) is 15.9 Å². The minimum Gasteiger partial charge on any atom is -0.292 e. The van der Waals surface area contributed by atoms with Crippen LogP contribution in [0.5, 0.6) is 0 Å². The molecule has 2 aromatic rings. The van der Waals surface area contributed by atoms with E-state index in [0.717, 1.165) is 9.13 Å².